The molecule has 2 rings (SSSR count). The first-order chi connectivity index (χ1) is 18.5. The summed E-state index contributed by atoms with van der Waals surface area (Å²) in [6.45, 7) is 4.96. The van der Waals surface area contributed by atoms with Crippen molar-refractivity contribution in [2.45, 2.75) is 52.1 Å². The van der Waals surface area contributed by atoms with Crippen LogP contribution in [0.1, 0.15) is 56.2 Å². The van der Waals surface area contributed by atoms with Gasteiger partial charge < -0.3 is 24.8 Å². The molecular weight excluding hydrogens is 528 g/mol. The van der Waals surface area contributed by atoms with Crippen molar-refractivity contribution >= 4 is 35.1 Å². The number of hydrogen-bond donors (Lipinski definition) is 1. The van der Waals surface area contributed by atoms with E-state index in [1.165, 1.54) is 12.1 Å². The van der Waals surface area contributed by atoms with Crippen LogP contribution in [-0.4, -0.2) is 47.3 Å². The summed E-state index contributed by atoms with van der Waals surface area (Å²) in [5, 5.41) is 9.24. The summed E-state index contributed by atoms with van der Waals surface area (Å²) in [6.07, 6.45) is -0.847. The highest BCUT2D eigenvalue weighted by Crippen LogP contribution is 2.21. The van der Waals surface area contributed by atoms with E-state index < -0.39 is 41.6 Å². The van der Waals surface area contributed by atoms with Crippen LogP contribution in [0.3, 0.4) is 0 Å². The zero-order valence-electron chi connectivity index (χ0n) is 22.0. The SMILES string of the molecule is CC(C)Cc1ccc(C(C)C(=O)OC(COC(=O)CCCO[N+](=O)[O-])C(=O)Oc2ccc(C(N)=S)cc2)cc1. The molecule has 2 unspecified atom stereocenters. The summed E-state index contributed by atoms with van der Waals surface area (Å²) in [7, 11) is 0. The molecule has 0 aliphatic heterocycles. The molecule has 0 amide bonds. The fourth-order valence-electron chi connectivity index (χ4n) is 3.41. The number of nitrogens with zero attached hydrogens (tertiary/aromatic N) is 1. The van der Waals surface area contributed by atoms with E-state index >= 15 is 0 Å². The predicted molar refractivity (Wildman–Crippen MR) is 144 cm³/mol. The van der Waals surface area contributed by atoms with Gasteiger partial charge in [-0.1, -0.05) is 50.3 Å². The summed E-state index contributed by atoms with van der Waals surface area (Å²) >= 11 is 4.90. The average molecular weight is 561 g/mol. The predicted octanol–water partition coefficient (Wildman–Crippen LogP) is 3.67. The lowest BCUT2D eigenvalue weighted by Gasteiger charge is -2.19. The minimum absolute atomic E-state index is 0.0217. The van der Waals surface area contributed by atoms with E-state index in [4.69, 9.17) is 32.2 Å². The molecule has 210 valence electrons. The summed E-state index contributed by atoms with van der Waals surface area (Å²) in [4.78, 5) is 52.4. The van der Waals surface area contributed by atoms with Crippen molar-refractivity contribution in [1.29, 1.82) is 0 Å². The second-order valence-corrected chi connectivity index (χ2v) is 9.58. The van der Waals surface area contributed by atoms with E-state index in [9.17, 15) is 24.5 Å². The van der Waals surface area contributed by atoms with Crippen LogP contribution in [0.25, 0.3) is 0 Å². The van der Waals surface area contributed by atoms with E-state index in [1.807, 2.05) is 24.3 Å². The lowest BCUT2D eigenvalue weighted by atomic mass is 9.97. The number of rotatable bonds is 15. The molecule has 0 aliphatic rings. The van der Waals surface area contributed by atoms with Crippen molar-refractivity contribution in [3.63, 3.8) is 0 Å². The molecule has 0 aromatic heterocycles. The Hall–Kier alpha value is -4.06. The van der Waals surface area contributed by atoms with Crippen LogP contribution in [0, 0.1) is 16.0 Å². The molecule has 0 radical (unpaired) electrons. The second-order valence-electron chi connectivity index (χ2n) is 9.14. The third-order valence-corrected chi connectivity index (χ3v) is 5.71. The molecule has 2 N–H and O–H groups in total. The third kappa shape index (κ3) is 11.1. The Morgan fingerprint density at radius 2 is 1.64 bits per heavy atom. The Morgan fingerprint density at radius 3 is 2.21 bits per heavy atom. The topological polar surface area (TPSA) is 157 Å². The molecule has 0 saturated heterocycles. The van der Waals surface area contributed by atoms with Crippen molar-refractivity contribution in [3.8, 4) is 5.75 Å². The van der Waals surface area contributed by atoms with Gasteiger partial charge in [0.15, 0.2) is 0 Å². The fourth-order valence-corrected chi connectivity index (χ4v) is 3.54. The van der Waals surface area contributed by atoms with Gasteiger partial charge in [0.1, 0.15) is 17.3 Å². The maximum Gasteiger partial charge on any atom is 0.356 e. The maximum absolute atomic E-state index is 12.9. The standard InChI is InChI=1S/C27H32N2O9S/c1-17(2)15-19-6-8-20(9-7-19)18(3)26(31)38-23(16-35-24(30)5-4-14-36-29(33)34)27(32)37-22-12-10-21(11-13-22)25(28)39/h6-13,17-18,23H,4-5,14-16H2,1-3H3,(H2,28,39). The minimum Gasteiger partial charge on any atom is -0.461 e. The number of nitrogens with two attached hydrogens (primary N) is 1. The van der Waals surface area contributed by atoms with Gasteiger partial charge in [-0.25, -0.2) is 4.79 Å². The molecule has 12 heteroatoms. The summed E-state index contributed by atoms with van der Waals surface area (Å²) in [5.74, 6) is -2.53. The number of hydrogen-bond acceptors (Lipinski definition) is 10. The summed E-state index contributed by atoms with van der Waals surface area (Å²) in [6, 6.07) is 13.6. The Bertz CT molecular complexity index is 1150. The highest BCUT2D eigenvalue weighted by Gasteiger charge is 2.30. The quantitative estimate of drug-likeness (QED) is 0.0846. The fraction of sp³-hybridized carbons (Fsp3) is 0.407. The lowest BCUT2D eigenvalue weighted by molar-refractivity contribution is -0.757. The van der Waals surface area contributed by atoms with E-state index in [-0.39, 0.29) is 30.2 Å². The van der Waals surface area contributed by atoms with Crippen molar-refractivity contribution in [3.05, 3.63) is 75.3 Å². The van der Waals surface area contributed by atoms with Crippen molar-refractivity contribution < 1.29 is 38.5 Å². The van der Waals surface area contributed by atoms with Gasteiger partial charge >= 0.3 is 17.9 Å². The van der Waals surface area contributed by atoms with Gasteiger partial charge in [0.2, 0.25) is 6.10 Å². The lowest BCUT2D eigenvalue weighted by Crippen LogP contribution is -2.37. The van der Waals surface area contributed by atoms with Gasteiger partial charge in [0, 0.05) is 12.0 Å². The largest absolute Gasteiger partial charge is 0.461 e. The monoisotopic (exact) mass is 560 g/mol. The molecule has 2 atom stereocenters. The number of thiocarbonyl (C=S) groups is 1. The molecule has 0 spiro atoms. The molecule has 0 bridgehead atoms. The van der Waals surface area contributed by atoms with E-state index in [1.54, 1.807) is 19.1 Å². The zero-order valence-corrected chi connectivity index (χ0v) is 22.8. The average Bonchev–Trinajstić information content (AvgIpc) is 2.88. The molecule has 0 saturated carbocycles. The summed E-state index contributed by atoms with van der Waals surface area (Å²) in [5.41, 5.74) is 7.96. The second kappa shape index (κ2) is 15.4. The highest BCUT2D eigenvalue weighted by atomic mass is 32.1. The van der Waals surface area contributed by atoms with Gasteiger partial charge in [0.25, 0.3) is 5.09 Å². The first-order valence-electron chi connectivity index (χ1n) is 12.3. The van der Waals surface area contributed by atoms with Crippen LogP contribution in [0.5, 0.6) is 5.75 Å². The van der Waals surface area contributed by atoms with Crippen LogP contribution < -0.4 is 10.5 Å². The van der Waals surface area contributed by atoms with Gasteiger partial charge in [-0.15, -0.1) is 10.1 Å². The van der Waals surface area contributed by atoms with Crippen LogP contribution >= 0.6 is 12.2 Å². The van der Waals surface area contributed by atoms with Crippen LogP contribution in [0.15, 0.2) is 48.5 Å². The van der Waals surface area contributed by atoms with Gasteiger partial charge in [0.05, 0.1) is 12.5 Å². The molecule has 11 nitrogen and oxygen atoms in total. The summed E-state index contributed by atoms with van der Waals surface area (Å²) < 4.78 is 15.8. The van der Waals surface area contributed by atoms with Crippen LogP contribution in [-0.2, 0) is 35.1 Å². The number of carbonyl (C=O) groups excluding carboxylic acids is 3. The Kier molecular flexibility index (Phi) is 12.3. The highest BCUT2D eigenvalue weighted by molar-refractivity contribution is 7.80. The Balaban J connectivity index is 2.08. The number of carbonyl (C=O) groups is 3. The smallest absolute Gasteiger partial charge is 0.356 e. The third-order valence-electron chi connectivity index (χ3n) is 5.47. The van der Waals surface area contributed by atoms with E-state index in [0.29, 0.717) is 17.0 Å². The molecule has 0 fully saturated rings. The maximum atomic E-state index is 12.9. The molecular formula is C27H32N2O9S. The van der Waals surface area contributed by atoms with E-state index in [0.717, 1.165) is 12.0 Å². The molecule has 0 heterocycles. The normalized spacial score (nSPS) is 12.2. The van der Waals surface area contributed by atoms with Gasteiger partial charge in [-0.3, -0.25) is 9.59 Å². The number of benzene rings is 2. The molecule has 2 aromatic rings. The molecule has 2 aromatic carbocycles. The van der Waals surface area contributed by atoms with E-state index in [2.05, 4.69) is 18.7 Å². The number of ether oxygens (including phenoxy) is 3. The number of esters is 3. The van der Waals surface area contributed by atoms with Gasteiger partial charge in [-0.05, 0) is 61.1 Å². The molecule has 39 heavy (non-hydrogen) atoms. The minimum atomic E-state index is -1.56. The van der Waals surface area contributed by atoms with Crippen LogP contribution in [0.4, 0.5) is 0 Å². The van der Waals surface area contributed by atoms with Crippen LogP contribution in [0.2, 0.25) is 0 Å². The molecule has 0 aliphatic carbocycles. The zero-order chi connectivity index (χ0) is 28.9. The van der Waals surface area contributed by atoms with Gasteiger partial charge in [-0.2, -0.15) is 0 Å². The van der Waals surface area contributed by atoms with Crippen molar-refractivity contribution in [2.24, 2.45) is 11.7 Å². The first-order valence-corrected chi connectivity index (χ1v) is 12.7. The first kappa shape index (κ1) is 31.2. The van der Waals surface area contributed by atoms with Crippen molar-refractivity contribution in [1.82, 2.24) is 0 Å². The Morgan fingerprint density at radius 1 is 1.00 bits per heavy atom. The van der Waals surface area contributed by atoms with Crippen molar-refractivity contribution in [2.75, 3.05) is 13.2 Å². The Labute approximate surface area is 231 Å².